The van der Waals surface area contributed by atoms with E-state index in [1.807, 2.05) is 35.9 Å². The molecule has 0 aliphatic rings. The van der Waals surface area contributed by atoms with Crippen LogP contribution in [0.5, 0.6) is 0 Å². The van der Waals surface area contributed by atoms with Gasteiger partial charge in [-0.25, -0.2) is 4.98 Å². The summed E-state index contributed by atoms with van der Waals surface area (Å²) in [5.74, 6) is 0.802. The summed E-state index contributed by atoms with van der Waals surface area (Å²) in [5.41, 5.74) is 1.93. The van der Waals surface area contributed by atoms with Crippen molar-refractivity contribution >= 4 is 11.6 Å². The number of anilines is 2. The quantitative estimate of drug-likeness (QED) is 0.795. The second kappa shape index (κ2) is 4.61. The highest BCUT2D eigenvalue weighted by atomic mass is 15.2. The fourth-order valence-electron chi connectivity index (χ4n) is 1.46. The van der Waals surface area contributed by atoms with E-state index in [9.17, 15) is 0 Å². The molecule has 0 aliphatic carbocycles. The molecule has 2 rings (SSSR count). The van der Waals surface area contributed by atoms with Crippen molar-refractivity contribution in [1.29, 1.82) is 0 Å². The third-order valence-electron chi connectivity index (χ3n) is 2.29. The fourth-order valence-corrected chi connectivity index (χ4v) is 1.46. The Kier molecular flexibility index (Phi) is 3.00. The van der Waals surface area contributed by atoms with Gasteiger partial charge in [-0.15, -0.1) is 6.58 Å². The van der Waals surface area contributed by atoms with Crippen LogP contribution in [0, 0.1) is 6.92 Å². The van der Waals surface area contributed by atoms with Crippen LogP contribution in [-0.2, 0) is 6.54 Å². The highest BCUT2D eigenvalue weighted by Crippen LogP contribution is 2.16. The summed E-state index contributed by atoms with van der Waals surface area (Å²) in [5, 5.41) is 3.25. The van der Waals surface area contributed by atoms with Crippen LogP contribution in [0.15, 0.2) is 43.4 Å². The summed E-state index contributed by atoms with van der Waals surface area (Å²) in [6, 6.07) is 3.88. The normalized spacial score (nSPS) is 10.1. The predicted octanol–water partition coefficient (Wildman–Crippen LogP) is 2.52. The van der Waals surface area contributed by atoms with E-state index in [1.54, 1.807) is 12.4 Å². The maximum absolute atomic E-state index is 4.25. The SMILES string of the molecule is C=CCn1ccnc1Nc1cccnc1C. The Hall–Kier alpha value is -2.10. The number of hydrogen-bond donors (Lipinski definition) is 1. The van der Waals surface area contributed by atoms with E-state index in [0.29, 0.717) is 0 Å². The second-order valence-corrected chi connectivity index (χ2v) is 3.45. The van der Waals surface area contributed by atoms with Crippen molar-refractivity contribution in [3.63, 3.8) is 0 Å². The zero-order valence-electron chi connectivity index (χ0n) is 9.22. The van der Waals surface area contributed by atoms with E-state index < -0.39 is 0 Å². The van der Waals surface area contributed by atoms with Gasteiger partial charge < -0.3 is 9.88 Å². The molecule has 4 nitrogen and oxygen atoms in total. The summed E-state index contributed by atoms with van der Waals surface area (Å²) >= 11 is 0. The molecule has 82 valence electrons. The Morgan fingerprint density at radius 2 is 2.31 bits per heavy atom. The smallest absolute Gasteiger partial charge is 0.207 e. The minimum absolute atomic E-state index is 0.738. The van der Waals surface area contributed by atoms with Crippen molar-refractivity contribution in [2.45, 2.75) is 13.5 Å². The lowest BCUT2D eigenvalue weighted by atomic mass is 10.3. The average molecular weight is 214 g/mol. The molecule has 0 unspecified atom stereocenters. The van der Waals surface area contributed by atoms with Crippen molar-refractivity contribution in [2.75, 3.05) is 5.32 Å². The molecule has 0 aromatic carbocycles. The van der Waals surface area contributed by atoms with E-state index in [2.05, 4.69) is 21.9 Å². The first kappa shape index (κ1) is 10.4. The van der Waals surface area contributed by atoms with E-state index in [4.69, 9.17) is 0 Å². The zero-order chi connectivity index (χ0) is 11.4. The van der Waals surface area contributed by atoms with Gasteiger partial charge in [0, 0.05) is 25.1 Å². The summed E-state index contributed by atoms with van der Waals surface area (Å²) in [6.45, 7) is 6.41. The highest BCUT2D eigenvalue weighted by Gasteiger charge is 2.03. The Bertz CT molecular complexity index is 487. The van der Waals surface area contributed by atoms with E-state index in [0.717, 1.165) is 23.9 Å². The summed E-state index contributed by atoms with van der Waals surface area (Å²) in [6.07, 6.45) is 7.28. The molecule has 0 bridgehead atoms. The van der Waals surface area contributed by atoms with Crippen LogP contribution in [0.2, 0.25) is 0 Å². The monoisotopic (exact) mass is 214 g/mol. The number of nitrogens with one attached hydrogen (secondary N) is 1. The third kappa shape index (κ3) is 2.11. The van der Waals surface area contributed by atoms with Gasteiger partial charge >= 0.3 is 0 Å². The lowest BCUT2D eigenvalue weighted by Crippen LogP contribution is -2.03. The summed E-state index contributed by atoms with van der Waals surface area (Å²) < 4.78 is 1.99. The largest absolute Gasteiger partial charge is 0.324 e. The van der Waals surface area contributed by atoms with Gasteiger partial charge in [-0.1, -0.05) is 6.08 Å². The standard InChI is InChI=1S/C12H14N4/c1-3-8-16-9-7-14-12(16)15-11-5-4-6-13-10(11)2/h3-7,9H,1,8H2,2H3,(H,14,15). The van der Waals surface area contributed by atoms with Gasteiger partial charge in [0.25, 0.3) is 0 Å². The molecule has 16 heavy (non-hydrogen) atoms. The molecular formula is C12H14N4. The van der Waals surface area contributed by atoms with Crippen LogP contribution in [-0.4, -0.2) is 14.5 Å². The van der Waals surface area contributed by atoms with Gasteiger partial charge in [0.05, 0.1) is 11.4 Å². The minimum atomic E-state index is 0.738. The van der Waals surface area contributed by atoms with E-state index in [1.165, 1.54) is 0 Å². The average Bonchev–Trinajstić information content (AvgIpc) is 2.70. The topological polar surface area (TPSA) is 42.7 Å². The molecule has 0 saturated heterocycles. The lowest BCUT2D eigenvalue weighted by molar-refractivity contribution is 0.832. The molecule has 2 aromatic rings. The van der Waals surface area contributed by atoms with Crippen LogP contribution in [0.4, 0.5) is 11.6 Å². The van der Waals surface area contributed by atoms with Crippen LogP contribution in [0.3, 0.4) is 0 Å². The number of aromatic nitrogens is 3. The van der Waals surface area contributed by atoms with Gasteiger partial charge in [0.2, 0.25) is 5.95 Å². The number of imidazole rings is 1. The molecule has 2 heterocycles. The maximum Gasteiger partial charge on any atom is 0.207 e. The van der Waals surface area contributed by atoms with Gasteiger partial charge in [-0.05, 0) is 19.1 Å². The lowest BCUT2D eigenvalue weighted by Gasteiger charge is -2.09. The predicted molar refractivity (Wildman–Crippen MR) is 64.7 cm³/mol. The van der Waals surface area contributed by atoms with Crippen molar-refractivity contribution in [3.8, 4) is 0 Å². The van der Waals surface area contributed by atoms with E-state index in [-0.39, 0.29) is 0 Å². The molecule has 0 radical (unpaired) electrons. The number of allylic oxidation sites excluding steroid dienone is 1. The highest BCUT2D eigenvalue weighted by molar-refractivity contribution is 5.55. The molecule has 1 N–H and O–H groups in total. The van der Waals surface area contributed by atoms with Crippen molar-refractivity contribution in [2.24, 2.45) is 0 Å². The van der Waals surface area contributed by atoms with Crippen molar-refractivity contribution in [1.82, 2.24) is 14.5 Å². The maximum atomic E-state index is 4.25. The zero-order valence-corrected chi connectivity index (χ0v) is 9.22. The number of pyridine rings is 1. The number of rotatable bonds is 4. The molecule has 0 saturated carbocycles. The van der Waals surface area contributed by atoms with Gasteiger partial charge in [-0.3, -0.25) is 4.98 Å². The first-order valence-corrected chi connectivity index (χ1v) is 5.12. The number of aryl methyl sites for hydroxylation is 1. The number of nitrogens with zero attached hydrogens (tertiary/aromatic N) is 3. The summed E-state index contributed by atoms with van der Waals surface area (Å²) in [4.78, 5) is 8.46. The third-order valence-corrected chi connectivity index (χ3v) is 2.29. The Balaban J connectivity index is 2.23. The Morgan fingerprint density at radius 3 is 3.06 bits per heavy atom. The Labute approximate surface area is 94.7 Å². The Morgan fingerprint density at radius 1 is 1.44 bits per heavy atom. The van der Waals surface area contributed by atoms with Crippen LogP contribution in [0.25, 0.3) is 0 Å². The summed E-state index contributed by atoms with van der Waals surface area (Å²) in [7, 11) is 0. The molecule has 0 fully saturated rings. The molecular weight excluding hydrogens is 200 g/mol. The van der Waals surface area contributed by atoms with Gasteiger partial charge in [0.1, 0.15) is 0 Å². The van der Waals surface area contributed by atoms with Crippen LogP contribution in [0.1, 0.15) is 5.69 Å². The fraction of sp³-hybridized carbons (Fsp3) is 0.167. The van der Waals surface area contributed by atoms with Crippen molar-refractivity contribution in [3.05, 3.63) is 49.1 Å². The minimum Gasteiger partial charge on any atom is -0.324 e. The second-order valence-electron chi connectivity index (χ2n) is 3.45. The van der Waals surface area contributed by atoms with Crippen LogP contribution >= 0.6 is 0 Å². The molecule has 0 spiro atoms. The molecule has 0 aliphatic heterocycles. The molecule has 0 atom stereocenters. The molecule has 0 amide bonds. The molecule has 4 heteroatoms. The van der Waals surface area contributed by atoms with Gasteiger partial charge in [0.15, 0.2) is 0 Å². The van der Waals surface area contributed by atoms with Gasteiger partial charge in [-0.2, -0.15) is 0 Å². The van der Waals surface area contributed by atoms with E-state index >= 15 is 0 Å². The van der Waals surface area contributed by atoms with Crippen molar-refractivity contribution < 1.29 is 0 Å². The van der Waals surface area contributed by atoms with Crippen LogP contribution < -0.4 is 5.32 Å². The first-order valence-electron chi connectivity index (χ1n) is 5.12. The molecule has 2 aromatic heterocycles. The first-order chi connectivity index (χ1) is 7.81. The number of hydrogen-bond acceptors (Lipinski definition) is 3.